The van der Waals surface area contributed by atoms with Gasteiger partial charge >= 0.3 is 0 Å². The smallest absolute Gasteiger partial charge is 0.259 e. The number of likely N-dealkylation sites (N-methyl/N-ethyl adjacent to an activating group) is 1. The van der Waals surface area contributed by atoms with Gasteiger partial charge < -0.3 is 14.7 Å². The van der Waals surface area contributed by atoms with Crippen molar-refractivity contribution in [1.29, 1.82) is 0 Å². The molecular weight excluding hydrogens is 351 g/mol. The highest BCUT2D eigenvalue weighted by Crippen LogP contribution is 2.28. The van der Waals surface area contributed by atoms with Gasteiger partial charge in [-0.1, -0.05) is 17.3 Å². The number of carbonyl (C=O) groups excluding carboxylic acids is 2. The van der Waals surface area contributed by atoms with Crippen LogP contribution in [0.3, 0.4) is 0 Å². The summed E-state index contributed by atoms with van der Waals surface area (Å²) >= 11 is 0. The SMILES string of the molecule is Cc1noc2nc(-c3ccccc3F)cc(C(=O)N[C@@H](C)C(=O)N(C)C)c12. The van der Waals surface area contributed by atoms with E-state index in [4.69, 9.17) is 4.52 Å². The van der Waals surface area contributed by atoms with E-state index in [-0.39, 0.29) is 28.4 Å². The second-order valence-electron chi connectivity index (χ2n) is 6.41. The van der Waals surface area contributed by atoms with Crippen molar-refractivity contribution in [3.63, 3.8) is 0 Å². The van der Waals surface area contributed by atoms with Gasteiger partial charge in [0.1, 0.15) is 11.9 Å². The van der Waals surface area contributed by atoms with Crippen LogP contribution >= 0.6 is 0 Å². The average molecular weight is 370 g/mol. The molecule has 0 saturated carbocycles. The van der Waals surface area contributed by atoms with Gasteiger partial charge in [0, 0.05) is 19.7 Å². The Hall–Kier alpha value is -3.29. The molecule has 0 bridgehead atoms. The number of hydrogen-bond donors (Lipinski definition) is 1. The standard InChI is InChI=1S/C19H19FN4O3/c1-10-16-13(17(25)21-11(2)19(26)24(3)4)9-15(22-18(16)27-23-10)12-7-5-6-8-14(12)20/h5-9,11H,1-4H3,(H,21,25)/t11-/m0/s1. The zero-order valence-corrected chi connectivity index (χ0v) is 15.4. The van der Waals surface area contributed by atoms with E-state index in [0.29, 0.717) is 11.1 Å². The van der Waals surface area contributed by atoms with Crippen LogP contribution in [0.2, 0.25) is 0 Å². The zero-order valence-electron chi connectivity index (χ0n) is 15.4. The lowest BCUT2D eigenvalue weighted by atomic mass is 10.0. The minimum atomic E-state index is -0.729. The topological polar surface area (TPSA) is 88.3 Å². The maximum Gasteiger partial charge on any atom is 0.259 e. The monoisotopic (exact) mass is 370 g/mol. The van der Waals surface area contributed by atoms with E-state index in [2.05, 4.69) is 15.5 Å². The summed E-state index contributed by atoms with van der Waals surface area (Å²) in [6, 6.07) is 6.86. The molecule has 1 N–H and O–H groups in total. The lowest BCUT2D eigenvalue weighted by Gasteiger charge is -2.18. The summed E-state index contributed by atoms with van der Waals surface area (Å²) in [5.74, 6) is -1.21. The predicted octanol–water partition coefficient (Wildman–Crippen LogP) is 2.54. The molecule has 2 amide bonds. The Morgan fingerprint density at radius 3 is 2.63 bits per heavy atom. The Balaban J connectivity index is 2.08. The number of aryl methyl sites for hydroxylation is 1. The van der Waals surface area contributed by atoms with Gasteiger partial charge in [0.05, 0.1) is 22.3 Å². The highest BCUT2D eigenvalue weighted by Gasteiger charge is 2.23. The molecule has 2 aromatic heterocycles. The van der Waals surface area contributed by atoms with Crippen molar-refractivity contribution in [2.75, 3.05) is 14.1 Å². The van der Waals surface area contributed by atoms with Crippen molar-refractivity contribution in [3.05, 3.63) is 47.4 Å². The quantitative estimate of drug-likeness (QED) is 0.762. The van der Waals surface area contributed by atoms with E-state index >= 15 is 0 Å². The third kappa shape index (κ3) is 3.51. The molecule has 0 aliphatic rings. The predicted molar refractivity (Wildman–Crippen MR) is 97.6 cm³/mol. The first-order valence-electron chi connectivity index (χ1n) is 8.33. The maximum absolute atomic E-state index is 14.2. The molecule has 0 aliphatic heterocycles. The van der Waals surface area contributed by atoms with Gasteiger partial charge in [0.15, 0.2) is 0 Å². The molecular formula is C19H19FN4O3. The van der Waals surface area contributed by atoms with E-state index in [1.54, 1.807) is 46.1 Å². The van der Waals surface area contributed by atoms with Crippen molar-refractivity contribution in [3.8, 4) is 11.3 Å². The molecule has 0 radical (unpaired) electrons. The van der Waals surface area contributed by atoms with Gasteiger partial charge in [-0.3, -0.25) is 9.59 Å². The third-order valence-electron chi connectivity index (χ3n) is 4.17. The summed E-state index contributed by atoms with van der Waals surface area (Å²) in [6.07, 6.45) is 0. The first kappa shape index (κ1) is 18.5. The fourth-order valence-corrected chi connectivity index (χ4v) is 2.80. The molecule has 0 spiro atoms. The number of carbonyl (C=O) groups is 2. The molecule has 7 nitrogen and oxygen atoms in total. The van der Waals surface area contributed by atoms with Gasteiger partial charge in [0.2, 0.25) is 5.91 Å². The summed E-state index contributed by atoms with van der Waals surface area (Å²) in [5.41, 5.74) is 1.31. The number of fused-ring (bicyclic) bond motifs is 1. The Labute approximate surface area is 155 Å². The molecule has 140 valence electrons. The first-order valence-corrected chi connectivity index (χ1v) is 8.33. The van der Waals surface area contributed by atoms with E-state index in [0.717, 1.165) is 0 Å². The number of amides is 2. The van der Waals surface area contributed by atoms with Crippen molar-refractivity contribution in [2.45, 2.75) is 19.9 Å². The van der Waals surface area contributed by atoms with Crippen molar-refractivity contribution in [2.24, 2.45) is 0 Å². The van der Waals surface area contributed by atoms with E-state index in [1.165, 1.54) is 17.0 Å². The summed E-state index contributed by atoms with van der Waals surface area (Å²) in [7, 11) is 3.21. The Bertz CT molecular complexity index is 1030. The summed E-state index contributed by atoms with van der Waals surface area (Å²) in [5, 5.41) is 6.94. The molecule has 8 heteroatoms. The van der Waals surface area contributed by atoms with Crippen LogP contribution < -0.4 is 5.32 Å². The molecule has 0 unspecified atom stereocenters. The van der Waals surface area contributed by atoms with Gasteiger partial charge in [-0.2, -0.15) is 0 Å². The molecule has 1 aromatic carbocycles. The lowest BCUT2D eigenvalue weighted by Crippen LogP contribution is -2.44. The molecule has 0 fully saturated rings. The fourth-order valence-electron chi connectivity index (χ4n) is 2.80. The second kappa shape index (κ2) is 7.14. The van der Waals surface area contributed by atoms with Gasteiger partial charge in [-0.05, 0) is 32.0 Å². The minimum Gasteiger partial charge on any atom is -0.347 e. The summed E-state index contributed by atoms with van der Waals surface area (Å²) in [4.78, 5) is 30.6. The minimum absolute atomic E-state index is 0.130. The summed E-state index contributed by atoms with van der Waals surface area (Å²) < 4.78 is 19.4. The third-order valence-corrected chi connectivity index (χ3v) is 4.17. The molecule has 3 rings (SSSR count). The fraction of sp³-hybridized carbons (Fsp3) is 0.263. The number of benzene rings is 1. The van der Waals surface area contributed by atoms with E-state index in [9.17, 15) is 14.0 Å². The number of halogens is 1. The van der Waals surface area contributed by atoms with Crippen LogP contribution in [0.25, 0.3) is 22.4 Å². The van der Waals surface area contributed by atoms with E-state index in [1.807, 2.05) is 0 Å². The molecule has 1 atom stereocenters. The highest BCUT2D eigenvalue weighted by molar-refractivity contribution is 6.08. The maximum atomic E-state index is 14.2. The van der Waals surface area contributed by atoms with Crippen molar-refractivity contribution in [1.82, 2.24) is 20.4 Å². The number of nitrogens with zero attached hydrogens (tertiary/aromatic N) is 3. The van der Waals surface area contributed by atoms with Gasteiger partial charge in [-0.25, -0.2) is 9.37 Å². The molecule has 3 aromatic rings. The van der Waals surface area contributed by atoms with Crippen LogP contribution in [0.15, 0.2) is 34.9 Å². The van der Waals surface area contributed by atoms with Crippen LogP contribution in [0.1, 0.15) is 23.0 Å². The number of rotatable bonds is 4. The van der Waals surface area contributed by atoms with Crippen LogP contribution in [0, 0.1) is 12.7 Å². The zero-order chi connectivity index (χ0) is 19.7. The van der Waals surface area contributed by atoms with E-state index < -0.39 is 17.8 Å². The highest BCUT2D eigenvalue weighted by atomic mass is 19.1. The van der Waals surface area contributed by atoms with Crippen LogP contribution in [0.5, 0.6) is 0 Å². The Morgan fingerprint density at radius 2 is 1.96 bits per heavy atom. The van der Waals surface area contributed by atoms with Crippen molar-refractivity contribution >= 4 is 22.9 Å². The van der Waals surface area contributed by atoms with Gasteiger partial charge in [0.25, 0.3) is 11.6 Å². The number of pyridine rings is 1. The first-order chi connectivity index (χ1) is 12.8. The largest absolute Gasteiger partial charge is 0.347 e. The molecule has 0 saturated heterocycles. The lowest BCUT2D eigenvalue weighted by molar-refractivity contribution is -0.130. The van der Waals surface area contributed by atoms with Crippen LogP contribution in [0.4, 0.5) is 4.39 Å². The Morgan fingerprint density at radius 1 is 1.26 bits per heavy atom. The van der Waals surface area contributed by atoms with Crippen molar-refractivity contribution < 1.29 is 18.5 Å². The second-order valence-corrected chi connectivity index (χ2v) is 6.41. The molecule has 27 heavy (non-hydrogen) atoms. The molecule has 2 heterocycles. The Kier molecular flexibility index (Phi) is 4.89. The van der Waals surface area contributed by atoms with Crippen LogP contribution in [-0.4, -0.2) is 47.0 Å². The number of nitrogens with one attached hydrogen (secondary N) is 1. The van der Waals surface area contributed by atoms with Gasteiger partial charge in [-0.15, -0.1) is 0 Å². The van der Waals surface area contributed by atoms with Crippen LogP contribution in [-0.2, 0) is 4.79 Å². The average Bonchev–Trinajstić information content (AvgIpc) is 3.01. The number of aromatic nitrogens is 2. The molecule has 0 aliphatic carbocycles. The number of hydrogen-bond acceptors (Lipinski definition) is 5. The normalized spacial score (nSPS) is 12.0. The summed E-state index contributed by atoms with van der Waals surface area (Å²) in [6.45, 7) is 3.28.